The van der Waals surface area contributed by atoms with E-state index in [4.69, 9.17) is 10.5 Å². The topological polar surface area (TPSA) is 38.5 Å². The zero-order chi connectivity index (χ0) is 9.80. The lowest BCUT2D eigenvalue weighted by Gasteiger charge is -2.34. The van der Waals surface area contributed by atoms with Crippen LogP contribution in [0.15, 0.2) is 0 Å². The SMILES string of the molecule is N[C@@H]1CCCN(CC2CCOCC2)C1. The van der Waals surface area contributed by atoms with E-state index in [1.54, 1.807) is 0 Å². The fraction of sp³-hybridized carbons (Fsp3) is 1.00. The van der Waals surface area contributed by atoms with Crippen LogP contribution in [-0.4, -0.2) is 43.8 Å². The van der Waals surface area contributed by atoms with Gasteiger partial charge < -0.3 is 15.4 Å². The Morgan fingerprint density at radius 1 is 1.21 bits per heavy atom. The molecule has 0 amide bonds. The van der Waals surface area contributed by atoms with Crippen LogP contribution in [0, 0.1) is 5.92 Å². The van der Waals surface area contributed by atoms with E-state index in [2.05, 4.69) is 4.90 Å². The number of ether oxygens (including phenoxy) is 1. The van der Waals surface area contributed by atoms with Crippen molar-refractivity contribution in [2.75, 3.05) is 32.8 Å². The van der Waals surface area contributed by atoms with Gasteiger partial charge in [-0.2, -0.15) is 0 Å². The van der Waals surface area contributed by atoms with Crippen molar-refractivity contribution in [3.63, 3.8) is 0 Å². The van der Waals surface area contributed by atoms with Crippen LogP contribution in [0.2, 0.25) is 0 Å². The second kappa shape index (κ2) is 5.10. The highest BCUT2D eigenvalue weighted by atomic mass is 16.5. The summed E-state index contributed by atoms with van der Waals surface area (Å²) in [4.78, 5) is 2.55. The summed E-state index contributed by atoms with van der Waals surface area (Å²) in [6, 6.07) is 0.420. The van der Waals surface area contributed by atoms with E-state index in [1.807, 2.05) is 0 Å². The summed E-state index contributed by atoms with van der Waals surface area (Å²) in [5.41, 5.74) is 5.96. The quantitative estimate of drug-likeness (QED) is 0.714. The molecular weight excluding hydrogens is 176 g/mol. The Morgan fingerprint density at radius 2 is 2.00 bits per heavy atom. The molecule has 2 fully saturated rings. The molecule has 0 aromatic heterocycles. The van der Waals surface area contributed by atoms with Gasteiger partial charge in [0.25, 0.3) is 0 Å². The zero-order valence-corrected chi connectivity index (χ0v) is 8.95. The molecule has 2 heterocycles. The maximum atomic E-state index is 5.96. The van der Waals surface area contributed by atoms with Gasteiger partial charge >= 0.3 is 0 Å². The van der Waals surface area contributed by atoms with Crippen molar-refractivity contribution in [3.8, 4) is 0 Å². The molecule has 0 aromatic carbocycles. The molecule has 3 nitrogen and oxygen atoms in total. The average molecular weight is 198 g/mol. The predicted molar refractivity (Wildman–Crippen MR) is 57.2 cm³/mol. The van der Waals surface area contributed by atoms with E-state index in [9.17, 15) is 0 Å². The summed E-state index contributed by atoms with van der Waals surface area (Å²) < 4.78 is 5.37. The number of hydrogen-bond donors (Lipinski definition) is 1. The largest absolute Gasteiger partial charge is 0.381 e. The molecule has 1 atom stereocenters. The molecule has 14 heavy (non-hydrogen) atoms. The molecule has 0 aliphatic carbocycles. The molecule has 2 saturated heterocycles. The number of rotatable bonds is 2. The lowest BCUT2D eigenvalue weighted by atomic mass is 9.98. The number of nitrogens with two attached hydrogens (primary N) is 1. The fourth-order valence-corrected chi connectivity index (χ4v) is 2.55. The van der Waals surface area contributed by atoms with E-state index in [1.165, 1.54) is 38.8 Å². The summed E-state index contributed by atoms with van der Waals surface area (Å²) in [5, 5.41) is 0. The molecule has 3 heteroatoms. The highest BCUT2D eigenvalue weighted by Crippen LogP contribution is 2.18. The van der Waals surface area contributed by atoms with Crippen LogP contribution in [0.3, 0.4) is 0 Å². The van der Waals surface area contributed by atoms with Crippen molar-refractivity contribution >= 4 is 0 Å². The lowest BCUT2D eigenvalue weighted by Crippen LogP contribution is -2.45. The Labute approximate surface area is 86.6 Å². The summed E-state index contributed by atoms with van der Waals surface area (Å²) in [7, 11) is 0. The van der Waals surface area contributed by atoms with Gasteiger partial charge in [0.1, 0.15) is 0 Å². The molecule has 0 aromatic rings. The Balaban J connectivity index is 1.72. The van der Waals surface area contributed by atoms with E-state index >= 15 is 0 Å². The van der Waals surface area contributed by atoms with Gasteiger partial charge in [0.05, 0.1) is 0 Å². The maximum absolute atomic E-state index is 5.96. The Kier molecular flexibility index (Phi) is 3.79. The predicted octanol–water partition coefficient (Wildman–Crippen LogP) is 0.836. The van der Waals surface area contributed by atoms with Gasteiger partial charge in [0.15, 0.2) is 0 Å². The second-order valence-electron chi connectivity index (χ2n) is 4.72. The van der Waals surface area contributed by atoms with Crippen molar-refractivity contribution in [2.45, 2.75) is 31.7 Å². The molecule has 0 bridgehead atoms. The molecular formula is C11H22N2O. The third-order valence-electron chi connectivity index (χ3n) is 3.40. The molecule has 2 aliphatic rings. The Morgan fingerprint density at radius 3 is 2.71 bits per heavy atom. The molecule has 0 radical (unpaired) electrons. The minimum Gasteiger partial charge on any atom is -0.381 e. The van der Waals surface area contributed by atoms with Crippen LogP contribution < -0.4 is 5.73 Å². The van der Waals surface area contributed by atoms with Crippen LogP contribution in [0.1, 0.15) is 25.7 Å². The zero-order valence-electron chi connectivity index (χ0n) is 8.95. The first-order valence-electron chi connectivity index (χ1n) is 5.90. The highest BCUT2D eigenvalue weighted by molar-refractivity contribution is 4.77. The van der Waals surface area contributed by atoms with Crippen LogP contribution >= 0.6 is 0 Å². The molecule has 2 aliphatic heterocycles. The monoisotopic (exact) mass is 198 g/mol. The minimum absolute atomic E-state index is 0.420. The summed E-state index contributed by atoms with van der Waals surface area (Å²) >= 11 is 0. The normalized spacial score (nSPS) is 31.9. The maximum Gasteiger partial charge on any atom is 0.0469 e. The number of piperidine rings is 1. The van der Waals surface area contributed by atoms with Crippen LogP contribution in [0.4, 0.5) is 0 Å². The van der Waals surface area contributed by atoms with Crippen molar-refractivity contribution in [2.24, 2.45) is 11.7 Å². The summed E-state index contributed by atoms with van der Waals surface area (Å²) in [6.45, 7) is 5.54. The van der Waals surface area contributed by atoms with Crippen molar-refractivity contribution in [3.05, 3.63) is 0 Å². The van der Waals surface area contributed by atoms with Crippen LogP contribution in [0.25, 0.3) is 0 Å². The number of hydrogen-bond acceptors (Lipinski definition) is 3. The first-order valence-corrected chi connectivity index (χ1v) is 5.90. The van der Waals surface area contributed by atoms with E-state index in [-0.39, 0.29) is 0 Å². The van der Waals surface area contributed by atoms with Crippen molar-refractivity contribution in [1.29, 1.82) is 0 Å². The van der Waals surface area contributed by atoms with E-state index in [0.717, 1.165) is 25.7 Å². The third kappa shape index (κ3) is 2.94. The van der Waals surface area contributed by atoms with Gasteiger partial charge in [-0.05, 0) is 38.1 Å². The first-order chi connectivity index (χ1) is 6.84. The lowest BCUT2D eigenvalue weighted by molar-refractivity contribution is 0.0485. The number of likely N-dealkylation sites (tertiary alicyclic amines) is 1. The molecule has 0 unspecified atom stereocenters. The highest BCUT2D eigenvalue weighted by Gasteiger charge is 2.21. The first kappa shape index (κ1) is 10.4. The van der Waals surface area contributed by atoms with Gasteiger partial charge in [-0.1, -0.05) is 0 Å². The van der Waals surface area contributed by atoms with Gasteiger partial charge in [0.2, 0.25) is 0 Å². The summed E-state index contributed by atoms with van der Waals surface area (Å²) in [6.07, 6.45) is 4.98. The smallest absolute Gasteiger partial charge is 0.0469 e. The van der Waals surface area contributed by atoms with E-state index in [0.29, 0.717) is 6.04 Å². The second-order valence-corrected chi connectivity index (χ2v) is 4.72. The third-order valence-corrected chi connectivity index (χ3v) is 3.40. The molecule has 2 N–H and O–H groups in total. The van der Waals surface area contributed by atoms with Crippen LogP contribution in [0.5, 0.6) is 0 Å². The van der Waals surface area contributed by atoms with Gasteiger partial charge in [-0.15, -0.1) is 0 Å². The van der Waals surface area contributed by atoms with Crippen molar-refractivity contribution in [1.82, 2.24) is 4.90 Å². The van der Waals surface area contributed by atoms with Crippen LogP contribution in [-0.2, 0) is 4.74 Å². The molecule has 82 valence electrons. The van der Waals surface area contributed by atoms with E-state index < -0.39 is 0 Å². The molecule has 0 saturated carbocycles. The minimum atomic E-state index is 0.420. The summed E-state index contributed by atoms with van der Waals surface area (Å²) in [5.74, 6) is 0.856. The van der Waals surface area contributed by atoms with Gasteiger partial charge in [-0.3, -0.25) is 0 Å². The standard InChI is InChI=1S/C11H22N2O/c12-11-2-1-5-13(9-11)8-10-3-6-14-7-4-10/h10-11H,1-9,12H2/t11-/m1/s1. The average Bonchev–Trinajstić information content (AvgIpc) is 2.19. The Hall–Kier alpha value is -0.120. The fourth-order valence-electron chi connectivity index (χ4n) is 2.55. The van der Waals surface area contributed by atoms with Gasteiger partial charge in [-0.25, -0.2) is 0 Å². The van der Waals surface area contributed by atoms with Crippen molar-refractivity contribution < 1.29 is 4.74 Å². The van der Waals surface area contributed by atoms with Gasteiger partial charge in [0, 0.05) is 32.3 Å². The molecule has 0 spiro atoms. The number of nitrogens with zero attached hydrogens (tertiary/aromatic N) is 1. The Bertz CT molecular complexity index is 169. The molecule has 2 rings (SSSR count).